The Bertz CT molecular complexity index is 708. The van der Waals surface area contributed by atoms with Crippen LogP contribution in [0, 0.1) is 11.8 Å². The second-order valence-electron chi connectivity index (χ2n) is 8.84. The highest BCUT2D eigenvalue weighted by atomic mass is 16.5. The number of amides is 2. The number of carbonyl (C=O) groups excluding carboxylic acids is 2. The molecule has 2 amide bonds. The van der Waals surface area contributed by atoms with Crippen LogP contribution in [0.15, 0.2) is 10.6 Å². The van der Waals surface area contributed by atoms with Crippen molar-refractivity contribution in [2.24, 2.45) is 11.8 Å². The predicted octanol–water partition coefficient (Wildman–Crippen LogP) is 2.30. The molecule has 7 nitrogen and oxygen atoms in total. The van der Waals surface area contributed by atoms with E-state index in [0.717, 1.165) is 57.4 Å². The van der Waals surface area contributed by atoms with E-state index in [9.17, 15) is 9.59 Å². The van der Waals surface area contributed by atoms with Crippen molar-refractivity contribution in [1.82, 2.24) is 20.7 Å². The molecule has 1 saturated carbocycles. The van der Waals surface area contributed by atoms with E-state index in [1.54, 1.807) is 6.07 Å². The zero-order valence-electron chi connectivity index (χ0n) is 16.9. The summed E-state index contributed by atoms with van der Waals surface area (Å²) in [6, 6.07) is 1.98. The van der Waals surface area contributed by atoms with E-state index in [-0.39, 0.29) is 29.8 Å². The number of carbonyl (C=O) groups is 2. The van der Waals surface area contributed by atoms with Gasteiger partial charge in [-0.25, -0.2) is 0 Å². The van der Waals surface area contributed by atoms with Gasteiger partial charge in [-0.2, -0.15) is 0 Å². The lowest BCUT2D eigenvalue weighted by Gasteiger charge is -2.40. The molecule has 28 heavy (non-hydrogen) atoms. The quantitative estimate of drug-likeness (QED) is 0.808. The van der Waals surface area contributed by atoms with Crippen molar-refractivity contribution in [3.63, 3.8) is 0 Å². The number of nitrogens with one attached hydrogen (secondary N) is 2. The zero-order valence-corrected chi connectivity index (χ0v) is 16.9. The molecule has 3 heterocycles. The van der Waals surface area contributed by atoms with Gasteiger partial charge in [0.2, 0.25) is 5.91 Å². The molecule has 2 N–H and O–H groups in total. The second-order valence-corrected chi connectivity index (χ2v) is 8.84. The van der Waals surface area contributed by atoms with Crippen LogP contribution in [-0.4, -0.2) is 53.6 Å². The fraction of sp³-hybridized carbons (Fsp3) is 0.762. The Kier molecular flexibility index (Phi) is 5.71. The Labute approximate surface area is 166 Å². The SMILES string of the molecule is C[C@@H](C(=O)N1CC[C@@H](NC(=O)c2cc(C3CC3)on2)C[C@@H]1C)C1CCNCC1. The van der Waals surface area contributed by atoms with E-state index in [4.69, 9.17) is 4.52 Å². The number of likely N-dealkylation sites (tertiary alicyclic amines) is 1. The Hall–Kier alpha value is -1.89. The normalized spacial score (nSPS) is 27.4. The summed E-state index contributed by atoms with van der Waals surface area (Å²) < 4.78 is 5.28. The molecule has 1 aromatic rings. The summed E-state index contributed by atoms with van der Waals surface area (Å²) in [6.45, 7) is 6.90. The van der Waals surface area contributed by atoms with Crippen molar-refractivity contribution in [2.45, 2.75) is 70.4 Å². The first-order valence-corrected chi connectivity index (χ1v) is 10.8. The predicted molar refractivity (Wildman–Crippen MR) is 105 cm³/mol. The fourth-order valence-corrected chi connectivity index (χ4v) is 4.65. The molecule has 154 valence electrons. The summed E-state index contributed by atoms with van der Waals surface area (Å²) in [7, 11) is 0. The average Bonchev–Trinajstić information content (AvgIpc) is 3.44. The third-order valence-electron chi connectivity index (χ3n) is 6.72. The maximum Gasteiger partial charge on any atom is 0.273 e. The third kappa shape index (κ3) is 4.24. The Balaban J connectivity index is 1.29. The lowest BCUT2D eigenvalue weighted by molar-refractivity contribution is -0.140. The summed E-state index contributed by atoms with van der Waals surface area (Å²) in [4.78, 5) is 27.5. The fourth-order valence-electron chi connectivity index (χ4n) is 4.65. The molecule has 2 saturated heterocycles. The number of piperidine rings is 2. The van der Waals surface area contributed by atoms with Gasteiger partial charge in [-0.05, 0) is 64.5 Å². The second kappa shape index (κ2) is 8.23. The van der Waals surface area contributed by atoms with Gasteiger partial charge in [-0.3, -0.25) is 9.59 Å². The first kappa shape index (κ1) is 19.4. The summed E-state index contributed by atoms with van der Waals surface area (Å²) in [5, 5.41) is 10.4. The molecule has 3 aliphatic rings. The minimum Gasteiger partial charge on any atom is -0.360 e. The van der Waals surface area contributed by atoms with Crippen LogP contribution in [0.4, 0.5) is 0 Å². The molecule has 1 aliphatic carbocycles. The summed E-state index contributed by atoms with van der Waals surface area (Å²) in [5.74, 6) is 1.93. The van der Waals surface area contributed by atoms with Gasteiger partial charge >= 0.3 is 0 Å². The minimum atomic E-state index is -0.171. The van der Waals surface area contributed by atoms with Crippen LogP contribution < -0.4 is 10.6 Å². The topological polar surface area (TPSA) is 87.5 Å². The number of rotatable bonds is 5. The van der Waals surface area contributed by atoms with Crippen molar-refractivity contribution in [2.75, 3.05) is 19.6 Å². The smallest absolute Gasteiger partial charge is 0.273 e. The Morgan fingerprint density at radius 3 is 2.68 bits per heavy atom. The standard InChI is InChI=1S/C21H32N4O3/c1-13-11-17(23-20(26)18-12-19(28-24-18)16-3-4-16)7-10-25(13)21(27)14(2)15-5-8-22-9-6-15/h12-17,22H,3-11H2,1-2H3,(H,23,26)/t13-,14+,17+/m0/s1. The largest absolute Gasteiger partial charge is 0.360 e. The first-order chi connectivity index (χ1) is 13.5. The van der Waals surface area contributed by atoms with Crippen LogP contribution in [0.25, 0.3) is 0 Å². The molecular formula is C21H32N4O3. The summed E-state index contributed by atoms with van der Waals surface area (Å²) in [6.07, 6.45) is 5.96. The van der Waals surface area contributed by atoms with Crippen LogP contribution in [0.5, 0.6) is 0 Å². The van der Waals surface area contributed by atoms with Crippen LogP contribution in [0.1, 0.15) is 74.5 Å². The van der Waals surface area contributed by atoms with E-state index in [1.165, 1.54) is 0 Å². The molecule has 7 heteroatoms. The molecule has 3 fully saturated rings. The van der Waals surface area contributed by atoms with Crippen LogP contribution in [0.3, 0.4) is 0 Å². The number of hydrogen-bond donors (Lipinski definition) is 2. The maximum absolute atomic E-state index is 13.0. The van der Waals surface area contributed by atoms with Crippen molar-refractivity contribution in [3.05, 3.63) is 17.5 Å². The van der Waals surface area contributed by atoms with Crippen LogP contribution in [-0.2, 0) is 4.79 Å². The highest BCUT2D eigenvalue weighted by Crippen LogP contribution is 2.40. The number of hydrogen-bond acceptors (Lipinski definition) is 5. The van der Waals surface area contributed by atoms with Gasteiger partial charge in [0, 0.05) is 36.5 Å². The molecule has 2 aliphatic heterocycles. The molecule has 0 aromatic carbocycles. The lowest BCUT2D eigenvalue weighted by atomic mass is 9.84. The molecular weight excluding hydrogens is 356 g/mol. The van der Waals surface area contributed by atoms with E-state index in [2.05, 4.69) is 29.6 Å². The highest BCUT2D eigenvalue weighted by Gasteiger charge is 2.35. The molecule has 1 aromatic heterocycles. The molecule has 4 rings (SSSR count). The average molecular weight is 389 g/mol. The van der Waals surface area contributed by atoms with E-state index >= 15 is 0 Å². The first-order valence-electron chi connectivity index (χ1n) is 10.8. The maximum atomic E-state index is 13.0. The molecule has 3 atom stereocenters. The van der Waals surface area contributed by atoms with Gasteiger partial charge in [0.05, 0.1) is 0 Å². The van der Waals surface area contributed by atoms with E-state index in [0.29, 0.717) is 24.1 Å². The van der Waals surface area contributed by atoms with Crippen molar-refractivity contribution in [3.8, 4) is 0 Å². The molecule has 0 spiro atoms. The van der Waals surface area contributed by atoms with Gasteiger partial charge in [-0.15, -0.1) is 0 Å². The molecule has 0 radical (unpaired) electrons. The Morgan fingerprint density at radius 1 is 1.25 bits per heavy atom. The van der Waals surface area contributed by atoms with Crippen molar-refractivity contribution >= 4 is 11.8 Å². The van der Waals surface area contributed by atoms with E-state index in [1.807, 2.05) is 4.90 Å². The van der Waals surface area contributed by atoms with Crippen molar-refractivity contribution in [1.29, 1.82) is 0 Å². The molecule has 0 bridgehead atoms. The number of aromatic nitrogens is 1. The monoisotopic (exact) mass is 388 g/mol. The van der Waals surface area contributed by atoms with Crippen LogP contribution >= 0.6 is 0 Å². The van der Waals surface area contributed by atoms with Crippen molar-refractivity contribution < 1.29 is 14.1 Å². The molecule has 0 unspecified atom stereocenters. The van der Waals surface area contributed by atoms with Gasteiger partial charge in [0.15, 0.2) is 5.69 Å². The summed E-state index contributed by atoms with van der Waals surface area (Å²) in [5.41, 5.74) is 0.368. The number of nitrogens with zero attached hydrogens (tertiary/aromatic N) is 2. The Morgan fingerprint density at radius 2 is 2.00 bits per heavy atom. The van der Waals surface area contributed by atoms with Gasteiger partial charge in [0.1, 0.15) is 5.76 Å². The third-order valence-corrected chi connectivity index (χ3v) is 6.72. The lowest BCUT2D eigenvalue weighted by Crippen LogP contribution is -2.53. The minimum absolute atomic E-state index is 0.0711. The van der Waals surface area contributed by atoms with Gasteiger partial charge in [-0.1, -0.05) is 12.1 Å². The summed E-state index contributed by atoms with van der Waals surface area (Å²) >= 11 is 0. The van der Waals surface area contributed by atoms with Crippen LogP contribution in [0.2, 0.25) is 0 Å². The van der Waals surface area contributed by atoms with Gasteiger partial charge < -0.3 is 20.1 Å². The van der Waals surface area contributed by atoms with E-state index < -0.39 is 0 Å². The highest BCUT2D eigenvalue weighted by molar-refractivity contribution is 5.92. The van der Waals surface area contributed by atoms with Gasteiger partial charge in [0.25, 0.3) is 5.91 Å². The zero-order chi connectivity index (χ0) is 19.7.